The first-order valence-corrected chi connectivity index (χ1v) is 4.35. The molecule has 0 aliphatic carbocycles. The fourth-order valence-electron chi connectivity index (χ4n) is 1.23. The molecular formula is C10H13NO3. The van der Waals surface area contributed by atoms with Gasteiger partial charge < -0.3 is 15.9 Å². The maximum atomic E-state index is 10.3. The zero-order valence-corrected chi connectivity index (χ0v) is 7.68. The number of aliphatic hydroxyl groups excluding tert-OH is 1. The predicted molar refractivity (Wildman–Crippen MR) is 52.7 cm³/mol. The number of benzene rings is 1. The second kappa shape index (κ2) is 4.62. The summed E-state index contributed by atoms with van der Waals surface area (Å²) in [4.78, 5) is 10.3. The van der Waals surface area contributed by atoms with Crippen LogP contribution in [0.15, 0.2) is 24.3 Å². The molecule has 1 atom stereocenters. The van der Waals surface area contributed by atoms with Crippen molar-refractivity contribution < 1.29 is 15.0 Å². The zero-order chi connectivity index (χ0) is 10.6. The minimum Gasteiger partial charge on any atom is -0.481 e. The molecular weight excluding hydrogens is 182 g/mol. The Morgan fingerprint density at radius 1 is 1.43 bits per heavy atom. The summed E-state index contributed by atoms with van der Waals surface area (Å²) >= 11 is 0. The lowest BCUT2D eigenvalue weighted by Crippen LogP contribution is -2.04. The molecule has 1 aromatic carbocycles. The molecule has 14 heavy (non-hydrogen) atoms. The van der Waals surface area contributed by atoms with E-state index in [-0.39, 0.29) is 12.8 Å². The van der Waals surface area contributed by atoms with Gasteiger partial charge in [-0.15, -0.1) is 0 Å². The maximum Gasteiger partial charge on any atom is 0.303 e. The molecule has 0 saturated carbocycles. The van der Waals surface area contributed by atoms with Crippen LogP contribution in [0.1, 0.15) is 24.5 Å². The van der Waals surface area contributed by atoms with Crippen LogP contribution in [0.5, 0.6) is 0 Å². The van der Waals surface area contributed by atoms with E-state index in [1.54, 1.807) is 24.3 Å². The zero-order valence-electron chi connectivity index (χ0n) is 7.68. The van der Waals surface area contributed by atoms with Crippen LogP contribution in [0.2, 0.25) is 0 Å². The number of hydrogen-bond donors (Lipinski definition) is 3. The van der Waals surface area contributed by atoms with E-state index in [1.807, 2.05) is 0 Å². The van der Waals surface area contributed by atoms with E-state index in [0.29, 0.717) is 11.3 Å². The Morgan fingerprint density at radius 2 is 2.07 bits per heavy atom. The molecule has 0 aliphatic rings. The second-order valence-electron chi connectivity index (χ2n) is 3.08. The number of para-hydroxylation sites is 1. The molecule has 76 valence electrons. The fourth-order valence-corrected chi connectivity index (χ4v) is 1.23. The van der Waals surface area contributed by atoms with Gasteiger partial charge in [0.25, 0.3) is 0 Å². The average Bonchev–Trinajstić information content (AvgIpc) is 2.15. The molecule has 0 fully saturated rings. The average molecular weight is 195 g/mol. The summed E-state index contributed by atoms with van der Waals surface area (Å²) in [6.07, 6.45) is -0.675. The number of carbonyl (C=O) groups is 1. The van der Waals surface area contributed by atoms with Gasteiger partial charge in [-0.3, -0.25) is 4.79 Å². The van der Waals surface area contributed by atoms with Gasteiger partial charge in [-0.25, -0.2) is 0 Å². The van der Waals surface area contributed by atoms with Crippen molar-refractivity contribution in [2.45, 2.75) is 18.9 Å². The van der Waals surface area contributed by atoms with E-state index in [1.165, 1.54) is 0 Å². The maximum absolute atomic E-state index is 10.3. The number of hydrogen-bond acceptors (Lipinski definition) is 3. The van der Waals surface area contributed by atoms with Crippen molar-refractivity contribution in [3.8, 4) is 0 Å². The first-order chi connectivity index (χ1) is 6.61. The highest BCUT2D eigenvalue weighted by molar-refractivity contribution is 5.66. The first kappa shape index (κ1) is 10.5. The second-order valence-corrected chi connectivity index (χ2v) is 3.08. The lowest BCUT2D eigenvalue weighted by molar-refractivity contribution is -0.137. The minimum atomic E-state index is -0.918. The van der Waals surface area contributed by atoms with Crippen molar-refractivity contribution in [1.82, 2.24) is 0 Å². The van der Waals surface area contributed by atoms with Crippen molar-refractivity contribution in [2.75, 3.05) is 5.73 Å². The highest BCUT2D eigenvalue weighted by atomic mass is 16.4. The van der Waals surface area contributed by atoms with E-state index in [2.05, 4.69) is 0 Å². The molecule has 0 aromatic heterocycles. The summed E-state index contributed by atoms with van der Waals surface area (Å²) in [5.41, 5.74) is 6.70. The third-order valence-electron chi connectivity index (χ3n) is 1.99. The molecule has 0 heterocycles. The topological polar surface area (TPSA) is 83.5 Å². The van der Waals surface area contributed by atoms with Crippen molar-refractivity contribution >= 4 is 11.7 Å². The monoisotopic (exact) mass is 195 g/mol. The highest BCUT2D eigenvalue weighted by Crippen LogP contribution is 2.23. The molecule has 0 aliphatic heterocycles. The summed E-state index contributed by atoms with van der Waals surface area (Å²) in [5.74, 6) is -0.918. The molecule has 1 rings (SSSR count). The van der Waals surface area contributed by atoms with Crippen LogP contribution < -0.4 is 5.73 Å². The Balaban J connectivity index is 2.65. The van der Waals surface area contributed by atoms with Crippen LogP contribution in [-0.4, -0.2) is 16.2 Å². The molecule has 0 radical (unpaired) electrons. The Kier molecular flexibility index (Phi) is 3.48. The van der Waals surface area contributed by atoms with E-state index in [9.17, 15) is 9.90 Å². The Morgan fingerprint density at radius 3 is 2.64 bits per heavy atom. The smallest absolute Gasteiger partial charge is 0.303 e. The Hall–Kier alpha value is -1.55. The Bertz CT molecular complexity index is 325. The van der Waals surface area contributed by atoms with E-state index in [0.717, 1.165) is 0 Å². The van der Waals surface area contributed by atoms with Crippen LogP contribution in [0, 0.1) is 0 Å². The molecule has 0 saturated heterocycles. The summed E-state index contributed by atoms with van der Waals surface area (Å²) in [6, 6.07) is 6.90. The molecule has 4 N–H and O–H groups in total. The van der Waals surface area contributed by atoms with Crippen LogP contribution in [0.4, 0.5) is 5.69 Å². The summed E-state index contributed by atoms with van der Waals surface area (Å²) in [7, 11) is 0. The number of anilines is 1. The van der Waals surface area contributed by atoms with Gasteiger partial charge in [-0.1, -0.05) is 18.2 Å². The van der Waals surface area contributed by atoms with Crippen LogP contribution in [-0.2, 0) is 4.79 Å². The third-order valence-corrected chi connectivity index (χ3v) is 1.99. The fraction of sp³-hybridized carbons (Fsp3) is 0.300. The van der Waals surface area contributed by atoms with Crippen molar-refractivity contribution in [3.05, 3.63) is 29.8 Å². The molecule has 4 nitrogen and oxygen atoms in total. The Labute approximate surface area is 82.0 Å². The third kappa shape index (κ3) is 2.74. The molecule has 4 heteroatoms. The number of aliphatic hydroxyl groups is 1. The number of nitrogens with two attached hydrogens (primary N) is 1. The van der Waals surface area contributed by atoms with Gasteiger partial charge in [0, 0.05) is 17.7 Å². The van der Waals surface area contributed by atoms with Crippen molar-refractivity contribution in [2.24, 2.45) is 0 Å². The summed E-state index contributed by atoms with van der Waals surface area (Å²) < 4.78 is 0. The number of rotatable bonds is 4. The van der Waals surface area contributed by atoms with Gasteiger partial charge in [-0.05, 0) is 12.5 Å². The quantitative estimate of drug-likeness (QED) is 0.629. The lowest BCUT2D eigenvalue weighted by Gasteiger charge is -2.11. The van der Waals surface area contributed by atoms with E-state index < -0.39 is 12.1 Å². The van der Waals surface area contributed by atoms with Crippen LogP contribution in [0.3, 0.4) is 0 Å². The summed E-state index contributed by atoms with van der Waals surface area (Å²) in [6.45, 7) is 0. The molecule has 0 bridgehead atoms. The van der Waals surface area contributed by atoms with E-state index >= 15 is 0 Å². The van der Waals surface area contributed by atoms with Gasteiger partial charge in [-0.2, -0.15) is 0 Å². The van der Waals surface area contributed by atoms with Crippen LogP contribution >= 0.6 is 0 Å². The number of carboxylic acid groups (broad SMARTS) is 1. The number of nitrogen functional groups attached to an aromatic ring is 1. The van der Waals surface area contributed by atoms with Gasteiger partial charge >= 0.3 is 5.97 Å². The van der Waals surface area contributed by atoms with Gasteiger partial charge in [0.1, 0.15) is 0 Å². The lowest BCUT2D eigenvalue weighted by atomic mass is 10.0. The molecule has 1 unspecified atom stereocenters. The standard InChI is InChI=1S/C10H13NO3/c11-8-4-2-1-3-7(8)9(12)5-6-10(13)14/h1-4,9,12H,5-6,11H2,(H,13,14). The van der Waals surface area contributed by atoms with Gasteiger partial charge in [0.05, 0.1) is 6.10 Å². The molecule has 1 aromatic rings. The first-order valence-electron chi connectivity index (χ1n) is 4.35. The van der Waals surface area contributed by atoms with Crippen molar-refractivity contribution in [1.29, 1.82) is 0 Å². The molecule has 0 spiro atoms. The van der Waals surface area contributed by atoms with Crippen LogP contribution in [0.25, 0.3) is 0 Å². The predicted octanol–water partition coefficient (Wildman–Crippen LogP) is 1.17. The van der Waals surface area contributed by atoms with Gasteiger partial charge in [0.15, 0.2) is 0 Å². The van der Waals surface area contributed by atoms with Crippen molar-refractivity contribution in [3.63, 3.8) is 0 Å². The minimum absolute atomic E-state index is 0.0600. The number of aliphatic carboxylic acids is 1. The highest BCUT2D eigenvalue weighted by Gasteiger charge is 2.11. The summed E-state index contributed by atoms with van der Waals surface area (Å²) in [5, 5.41) is 18.0. The number of carboxylic acids is 1. The molecule has 0 amide bonds. The van der Waals surface area contributed by atoms with E-state index in [4.69, 9.17) is 10.8 Å². The van der Waals surface area contributed by atoms with Gasteiger partial charge in [0.2, 0.25) is 0 Å². The largest absolute Gasteiger partial charge is 0.481 e. The normalized spacial score (nSPS) is 12.4. The SMILES string of the molecule is Nc1ccccc1C(O)CCC(=O)O.